The zero-order chi connectivity index (χ0) is 27.7. The lowest BCUT2D eigenvalue weighted by Crippen LogP contribution is -2.53. The molecule has 11 heteroatoms. The molecule has 0 spiro atoms. The molecule has 10 nitrogen and oxygen atoms in total. The number of fused-ring (bicyclic) bond motifs is 2. The predicted octanol–water partition coefficient (Wildman–Crippen LogP) is 2.16. The Bertz CT molecular complexity index is 1510. The third-order valence-electron chi connectivity index (χ3n) is 7.25. The Balaban J connectivity index is 1.33. The van der Waals surface area contributed by atoms with Gasteiger partial charge in [0.05, 0.1) is 23.8 Å². The van der Waals surface area contributed by atoms with Crippen LogP contribution in [0.5, 0.6) is 0 Å². The normalized spacial score (nSPS) is 20.4. The van der Waals surface area contributed by atoms with Crippen LogP contribution in [0.2, 0.25) is 0 Å². The largest absolute Gasteiger partial charge is 0.340 e. The van der Waals surface area contributed by atoms with E-state index >= 15 is 0 Å². The van der Waals surface area contributed by atoms with E-state index in [1.54, 1.807) is 48.7 Å². The molecule has 204 valence electrons. The number of pyridine rings is 2. The molecule has 2 aliphatic heterocycles. The van der Waals surface area contributed by atoms with Gasteiger partial charge in [0.2, 0.25) is 15.9 Å². The standard InChI is InChI=1S/C28H31N5O5S/c1-18(2)14-23(31-27(35)20-8-9-22-19(15-20)6-5-12-30-22)28(36)32-13-10-24-26(32)25(34)16-33(24)39(37,38)17-21-7-3-4-11-29-21/h3-9,11-12,15,18,23-24,26H,10,13-14,16-17H2,1-2H3,(H,31,35). The van der Waals surface area contributed by atoms with Gasteiger partial charge in [-0.15, -0.1) is 0 Å². The zero-order valence-electron chi connectivity index (χ0n) is 21.9. The highest BCUT2D eigenvalue weighted by atomic mass is 32.2. The minimum Gasteiger partial charge on any atom is -0.340 e. The molecule has 3 atom stereocenters. The lowest BCUT2D eigenvalue weighted by molar-refractivity contribution is -0.138. The molecule has 0 bridgehead atoms. The van der Waals surface area contributed by atoms with Crippen molar-refractivity contribution in [1.29, 1.82) is 0 Å². The predicted molar refractivity (Wildman–Crippen MR) is 145 cm³/mol. The third-order valence-corrected chi connectivity index (χ3v) is 9.03. The molecule has 1 N–H and O–H groups in total. The van der Waals surface area contributed by atoms with E-state index in [9.17, 15) is 22.8 Å². The maximum Gasteiger partial charge on any atom is 0.251 e. The van der Waals surface area contributed by atoms with Crippen molar-refractivity contribution in [2.75, 3.05) is 13.1 Å². The maximum absolute atomic E-state index is 13.8. The van der Waals surface area contributed by atoms with Crippen molar-refractivity contribution in [3.8, 4) is 0 Å². The van der Waals surface area contributed by atoms with E-state index in [0.29, 0.717) is 24.1 Å². The van der Waals surface area contributed by atoms with Crippen molar-refractivity contribution in [2.45, 2.75) is 50.6 Å². The summed E-state index contributed by atoms with van der Waals surface area (Å²) in [6.45, 7) is 3.86. The minimum absolute atomic E-state index is 0.0907. The first kappa shape index (κ1) is 26.9. The van der Waals surface area contributed by atoms with Gasteiger partial charge in [-0.2, -0.15) is 4.31 Å². The van der Waals surface area contributed by atoms with E-state index in [1.165, 1.54) is 15.4 Å². The molecule has 2 amide bonds. The summed E-state index contributed by atoms with van der Waals surface area (Å²) in [6, 6.07) is 11.5. The van der Waals surface area contributed by atoms with Gasteiger partial charge in [-0.3, -0.25) is 24.4 Å². The second-order valence-corrected chi connectivity index (χ2v) is 12.4. The summed E-state index contributed by atoms with van der Waals surface area (Å²) in [6.07, 6.45) is 3.93. The lowest BCUT2D eigenvalue weighted by Gasteiger charge is -2.29. The van der Waals surface area contributed by atoms with Crippen LogP contribution in [0, 0.1) is 5.92 Å². The minimum atomic E-state index is -3.82. The van der Waals surface area contributed by atoms with Gasteiger partial charge < -0.3 is 10.2 Å². The van der Waals surface area contributed by atoms with Crippen LogP contribution >= 0.6 is 0 Å². The van der Waals surface area contributed by atoms with Gasteiger partial charge in [0.25, 0.3) is 5.91 Å². The van der Waals surface area contributed by atoms with Crippen molar-refractivity contribution in [3.05, 3.63) is 72.2 Å². The van der Waals surface area contributed by atoms with E-state index in [4.69, 9.17) is 0 Å². The molecule has 0 radical (unpaired) electrons. The summed E-state index contributed by atoms with van der Waals surface area (Å²) in [5.41, 5.74) is 1.55. The SMILES string of the molecule is CC(C)CC(NC(=O)c1ccc2ncccc2c1)C(=O)N1CCC2C1C(=O)CN2S(=O)(=O)Cc1ccccn1. The van der Waals surface area contributed by atoms with E-state index < -0.39 is 34.1 Å². The smallest absolute Gasteiger partial charge is 0.251 e. The highest BCUT2D eigenvalue weighted by Crippen LogP contribution is 2.33. The quantitative estimate of drug-likeness (QED) is 0.456. The molecule has 2 fully saturated rings. The number of carbonyl (C=O) groups excluding carboxylic acids is 3. The molecule has 39 heavy (non-hydrogen) atoms. The molecular weight excluding hydrogens is 518 g/mol. The lowest BCUT2D eigenvalue weighted by atomic mass is 10.0. The molecule has 0 aliphatic carbocycles. The molecule has 5 rings (SSSR count). The maximum atomic E-state index is 13.8. The van der Waals surface area contributed by atoms with Crippen LogP contribution < -0.4 is 5.32 Å². The van der Waals surface area contributed by atoms with E-state index in [-0.39, 0.29) is 36.5 Å². The van der Waals surface area contributed by atoms with E-state index in [1.807, 2.05) is 19.9 Å². The van der Waals surface area contributed by atoms with Crippen LogP contribution in [0.25, 0.3) is 10.9 Å². The monoisotopic (exact) mass is 549 g/mol. The van der Waals surface area contributed by atoms with Gasteiger partial charge in [0, 0.05) is 29.9 Å². The van der Waals surface area contributed by atoms with Crippen LogP contribution in [-0.2, 0) is 25.4 Å². The summed E-state index contributed by atoms with van der Waals surface area (Å²) in [7, 11) is -3.82. The Labute approximate surface area is 227 Å². The molecule has 0 saturated carbocycles. The number of hydrogen-bond acceptors (Lipinski definition) is 7. The third kappa shape index (κ3) is 5.55. The van der Waals surface area contributed by atoms with Crippen molar-refractivity contribution in [1.82, 2.24) is 24.5 Å². The first-order chi connectivity index (χ1) is 18.6. The zero-order valence-corrected chi connectivity index (χ0v) is 22.7. The van der Waals surface area contributed by atoms with Crippen LogP contribution in [-0.4, -0.2) is 76.4 Å². The number of carbonyl (C=O) groups is 3. The summed E-state index contributed by atoms with van der Waals surface area (Å²) >= 11 is 0. The van der Waals surface area contributed by atoms with Gasteiger partial charge in [0.1, 0.15) is 17.8 Å². The number of nitrogens with zero attached hydrogens (tertiary/aromatic N) is 4. The van der Waals surface area contributed by atoms with Crippen molar-refractivity contribution in [3.63, 3.8) is 0 Å². The van der Waals surface area contributed by atoms with Crippen LogP contribution in [0.3, 0.4) is 0 Å². The molecule has 2 saturated heterocycles. The fraction of sp³-hybridized carbons (Fsp3) is 0.393. The number of nitrogens with one attached hydrogen (secondary N) is 1. The molecular formula is C28H31N5O5S. The summed E-state index contributed by atoms with van der Waals surface area (Å²) in [5.74, 6) is -1.30. The van der Waals surface area contributed by atoms with Crippen molar-refractivity contribution in [2.24, 2.45) is 5.92 Å². The second kappa shape index (κ2) is 10.8. The van der Waals surface area contributed by atoms with Crippen LogP contribution in [0.1, 0.15) is 42.7 Å². The highest BCUT2D eigenvalue weighted by molar-refractivity contribution is 7.88. The summed E-state index contributed by atoms with van der Waals surface area (Å²) in [5, 5.41) is 3.68. The number of hydrogen-bond donors (Lipinski definition) is 1. The molecule has 2 aliphatic rings. The topological polar surface area (TPSA) is 130 Å². The average Bonchev–Trinajstić information content (AvgIpc) is 3.49. The van der Waals surface area contributed by atoms with Gasteiger partial charge in [0.15, 0.2) is 5.78 Å². The Morgan fingerprint density at radius 3 is 2.62 bits per heavy atom. The number of rotatable bonds is 8. The molecule has 3 aromatic rings. The molecule has 3 unspecified atom stereocenters. The number of ketones is 1. The number of sulfonamides is 1. The van der Waals surface area contributed by atoms with Crippen LogP contribution in [0.15, 0.2) is 60.9 Å². The molecule has 4 heterocycles. The highest BCUT2D eigenvalue weighted by Gasteiger charge is 2.54. The Morgan fingerprint density at radius 1 is 1.08 bits per heavy atom. The summed E-state index contributed by atoms with van der Waals surface area (Å²) in [4.78, 5) is 49.9. The van der Waals surface area contributed by atoms with Gasteiger partial charge >= 0.3 is 0 Å². The van der Waals surface area contributed by atoms with E-state index in [2.05, 4.69) is 15.3 Å². The Hall–Kier alpha value is -3.70. The Kier molecular flexibility index (Phi) is 7.46. The first-order valence-corrected chi connectivity index (χ1v) is 14.6. The number of aromatic nitrogens is 2. The van der Waals surface area contributed by atoms with E-state index in [0.717, 1.165) is 10.9 Å². The number of likely N-dealkylation sites (tertiary alicyclic amines) is 1. The molecule has 1 aromatic carbocycles. The Morgan fingerprint density at radius 2 is 1.87 bits per heavy atom. The number of benzene rings is 1. The van der Waals surface area contributed by atoms with Gasteiger partial charge in [-0.1, -0.05) is 26.0 Å². The van der Waals surface area contributed by atoms with Gasteiger partial charge in [-0.25, -0.2) is 8.42 Å². The second-order valence-electron chi connectivity index (χ2n) is 10.5. The average molecular weight is 550 g/mol. The first-order valence-electron chi connectivity index (χ1n) is 13.0. The molecule has 2 aromatic heterocycles. The van der Waals surface area contributed by atoms with Crippen LogP contribution in [0.4, 0.5) is 0 Å². The number of amides is 2. The van der Waals surface area contributed by atoms with Crippen molar-refractivity contribution >= 4 is 38.5 Å². The fourth-order valence-corrected chi connectivity index (χ4v) is 7.15. The van der Waals surface area contributed by atoms with Gasteiger partial charge in [-0.05, 0) is 55.2 Å². The number of Topliss-reactive ketones (excluding diaryl/α,β-unsaturated/α-hetero) is 1. The fourth-order valence-electron chi connectivity index (χ4n) is 5.49. The summed E-state index contributed by atoms with van der Waals surface area (Å²) < 4.78 is 27.6. The van der Waals surface area contributed by atoms with Crippen molar-refractivity contribution < 1.29 is 22.8 Å².